The van der Waals surface area contributed by atoms with Gasteiger partial charge in [0.05, 0.1) is 25.9 Å². The second kappa shape index (κ2) is 10.8. The minimum absolute atomic E-state index is 0.0527. The van der Waals surface area contributed by atoms with Crippen LogP contribution in [0.2, 0.25) is 0 Å². The fraction of sp³-hybridized carbons (Fsp3) is 0.440. The SMILES string of the molecule is COc1ccc(C(=O)N2CCO[C@@H](CN(C[C@H]3CCCO3)C(=O)c3cccc(F)c3)C2)cc1. The highest BCUT2D eigenvalue weighted by atomic mass is 19.1. The van der Waals surface area contributed by atoms with E-state index in [1.54, 1.807) is 47.2 Å². The van der Waals surface area contributed by atoms with Gasteiger partial charge in [-0.15, -0.1) is 0 Å². The summed E-state index contributed by atoms with van der Waals surface area (Å²) in [5, 5.41) is 0. The van der Waals surface area contributed by atoms with Crippen molar-refractivity contribution in [3.05, 3.63) is 65.5 Å². The Labute approximate surface area is 193 Å². The number of hydrogen-bond acceptors (Lipinski definition) is 5. The Hall–Kier alpha value is -2.97. The van der Waals surface area contributed by atoms with Gasteiger partial charge in [0.1, 0.15) is 11.6 Å². The van der Waals surface area contributed by atoms with Gasteiger partial charge in [-0.1, -0.05) is 6.07 Å². The molecule has 0 saturated carbocycles. The first-order valence-corrected chi connectivity index (χ1v) is 11.2. The molecule has 2 aromatic rings. The molecule has 2 aliphatic rings. The van der Waals surface area contributed by atoms with Crippen LogP contribution in [-0.4, -0.2) is 80.3 Å². The van der Waals surface area contributed by atoms with Crippen LogP contribution in [-0.2, 0) is 9.47 Å². The molecule has 0 aliphatic carbocycles. The predicted octanol–water partition coefficient (Wildman–Crippen LogP) is 3.00. The summed E-state index contributed by atoms with van der Waals surface area (Å²) in [5.74, 6) is -0.129. The number of hydrogen-bond donors (Lipinski definition) is 0. The zero-order chi connectivity index (χ0) is 23.2. The molecule has 8 heteroatoms. The van der Waals surface area contributed by atoms with E-state index in [0.29, 0.717) is 50.7 Å². The van der Waals surface area contributed by atoms with Crippen molar-refractivity contribution < 1.29 is 28.2 Å². The van der Waals surface area contributed by atoms with E-state index in [0.717, 1.165) is 12.8 Å². The van der Waals surface area contributed by atoms with Crippen LogP contribution in [0.5, 0.6) is 5.75 Å². The zero-order valence-corrected chi connectivity index (χ0v) is 18.7. The highest BCUT2D eigenvalue weighted by Crippen LogP contribution is 2.19. The second-order valence-electron chi connectivity index (χ2n) is 8.33. The van der Waals surface area contributed by atoms with E-state index >= 15 is 0 Å². The molecule has 2 aliphatic heterocycles. The number of amides is 2. The van der Waals surface area contributed by atoms with Gasteiger partial charge >= 0.3 is 0 Å². The van der Waals surface area contributed by atoms with E-state index in [1.165, 1.54) is 18.2 Å². The fourth-order valence-corrected chi connectivity index (χ4v) is 4.25. The lowest BCUT2D eigenvalue weighted by Crippen LogP contribution is -2.51. The van der Waals surface area contributed by atoms with Crippen molar-refractivity contribution in [2.45, 2.75) is 25.0 Å². The third-order valence-corrected chi connectivity index (χ3v) is 5.99. The van der Waals surface area contributed by atoms with Crippen molar-refractivity contribution in [2.24, 2.45) is 0 Å². The normalized spacial score (nSPS) is 20.5. The van der Waals surface area contributed by atoms with Gasteiger partial charge in [0.25, 0.3) is 11.8 Å². The predicted molar refractivity (Wildman–Crippen MR) is 120 cm³/mol. The third-order valence-electron chi connectivity index (χ3n) is 5.99. The Morgan fingerprint density at radius 1 is 1.06 bits per heavy atom. The summed E-state index contributed by atoms with van der Waals surface area (Å²) in [5.41, 5.74) is 0.860. The average molecular weight is 457 g/mol. The minimum atomic E-state index is -0.455. The molecule has 33 heavy (non-hydrogen) atoms. The minimum Gasteiger partial charge on any atom is -0.497 e. The Bertz CT molecular complexity index is 962. The van der Waals surface area contributed by atoms with Crippen molar-refractivity contribution in [2.75, 3.05) is 46.5 Å². The maximum absolute atomic E-state index is 13.7. The summed E-state index contributed by atoms with van der Waals surface area (Å²) in [4.78, 5) is 29.6. The summed E-state index contributed by atoms with van der Waals surface area (Å²) >= 11 is 0. The van der Waals surface area contributed by atoms with Gasteiger partial charge in [-0.05, 0) is 55.3 Å². The summed E-state index contributed by atoms with van der Waals surface area (Å²) < 4.78 is 30.5. The van der Waals surface area contributed by atoms with Crippen molar-refractivity contribution in [3.63, 3.8) is 0 Å². The molecule has 2 fully saturated rings. The maximum Gasteiger partial charge on any atom is 0.254 e. The number of methoxy groups -OCH3 is 1. The number of ether oxygens (including phenoxy) is 3. The van der Waals surface area contributed by atoms with Crippen molar-refractivity contribution in [1.29, 1.82) is 0 Å². The lowest BCUT2D eigenvalue weighted by atomic mass is 10.1. The Morgan fingerprint density at radius 2 is 1.82 bits per heavy atom. The van der Waals surface area contributed by atoms with Crippen LogP contribution in [0.4, 0.5) is 4.39 Å². The quantitative estimate of drug-likeness (QED) is 0.641. The summed E-state index contributed by atoms with van der Waals surface area (Å²) in [7, 11) is 1.58. The first-order chi connectivity index (χ1) is 16.0. The molecule has 7 nitrogen and oxygen atoms in total. The molecule has 0 N–H and O–H groups in total. The molecule has 2 saturated heterocycles. The number of rotatable bonds is 7. The molecule has 0 bridgehead atoms. The molecule has 0 unspecified atom stereocenters. The number of benzene rings is 2. The van der Waals surface area contributed by atoms with Gasteiger partial charge in [0.2, 0.25) is 0 Å². The van der Waals surface area contributed by atoms with Crippen LogP contribution < -0.4 is 4.74 Å². The lowest BCUT2D eigenvalue weighted by Gasteiger charge is -2.36. The van der Waals surface area contributed by atoms with Crippen LogP contribution in [0, 0.1) is 5.82 Å². The topological polar surface area (TPSA) is 68.3 Å². The van der Waals surface area contributed by atoms with Gasteiger partial charge in [-0.3, -0.25) is 9.59 Å². The lowest BCUT2D eigenvalue weighted by molar-refractivity contribution is -0.0375. The van der Waals surface area contributed by atoms with Gasteiger partial charge in [0, 0.05) is 43.9 Å². The number of nitrogens with zero attached hydrogens (tertiary/aromatic N) is 2. The van der Waals surface area contributed by atoms with E-state index in [-0.39, 0.29) is 29.6 Å². The van der Waals surface area contributed by atoms with Gasteiger partial charge in [0.15, 0.2) is 0 Å². The molecule has 2 amide bonds. The van der Waals surface area contributed by atoms with Crippen molar-refractivity contribution >= 4 is 11.8 Å². The highest BCUT2D eigenvalue weighted by molar-refractivity contribution is 5.95. The van der Waals surface area contributed by atoms with Crippen LogP contribution in [0.1, 0.15) is 33.6 Å². The van der Waals surface area contributed by atoms with Gasteiger partial charge in [-0.2, -0.15) is 0 Å². The van der Waals surface area contributed by atoms with Crippen molar-refractivity contribution in [3.8, 4) is 5.75 Å². The third kappa shape index (κ3) is 5.89. The fourth-order valence-electron chi connectivity index (χ4n) is 4.25. The maximum atomic E-state index is 13.7. The second-order valence-corrected chi connectivity index (χ2v) is 8.33. The molecular formula is C25H29FN2O5. The molecule has 4 rings (SSSR count). The monoisotopic (exact) mass is 456 g/mol. The van der Waals surface area contributed by atoms with Gasteiger partial charge in [-0.25, -0.2) is 4.39 Å². The number of halogens is 1. The Kier molecular flexibility index (Phi) is 7.57. The van der Waals surface area contributed by atoms with Gasteiger partial charge < -0.3 is 24.0 Å². The molecule has 2 atom stereocenters. The molecule has 176 valence electrons. The highest BCUT2D eigenvalue weighted by Gasteiger charge is 2.30. The van der Waals surface area contributed by atoms with E-state index in [1.807, 2.05) is 0 Å². The van der Waals surface area contributed by atoms with E-state index in [2.05, 4.69) is 0 Å². The van der Waals surface area contributed by atoms with Crippen LogP contribution >= 0.6 is 0 Å². The van der Waals surface area contributed by atoms with E-state index in [9.17, 15) is 14.0 Å². The molecular weight excluding hydrogens is 427 g/mol. The Morgan fingerprint density at radius 3 is 2.52 bits per heavy atom. The molecule has 2 heterocycles. The smallest absolute Gasteiger partial charge is 0.254 e. The van der Waals surface area contributed by atoms with E-state index in [4.69, 9.17) is 14.2 Å². The molecule has 0 spiro atoms. The van der Waals surface area contributed by atoms with Crippen molar-refractivity contribution in [1.82, 2.24) is 9.80 Å². The molecule has 0 aromatic heterocycles. The summed E-state index contributed by atoms with van der Waals surface area (Å²) in [6.45, 7) is 2.60. The largest absolute Gasteiger partial charge is 0.497 e. The first kappa shape index (κ1) is 23.2. The summed E-state index contributed by atoms with van der Waals surface area (Å²) in [6, 6.07) is 12.7. The van der Waals surface area contributed by atoms with Crippen LogP contribution in [0.15, 0.2) is 48.5 Å². The van der Waals surface area contributed by atoms with E-state index < -0.39 is 5.82 Å². The Balaban J connectivity index is 1.45. The number of morpholine rings is 1. The zero-order valence-electron chi connectivity index (χ0n) is 18.7. The van der Waals surface area contributed by atoms with Crippen LogP contribution in [0.3, 0.4) is 0 Å². The number of carbonyl (C=O) groups is 2. The molecule has 0 radical (unpaired) electrons. The number of carbonyl (C=O) groups excluding carboxylic acids is 2. The van der Waals surface area contributed by atoms with Crippen LogP contribution in [0.25, 0.3) is 0 Å². The summed E-state index contributed by atoms with van der Waals surface area (Å²) in [6.07, 6.45) is 1.43. The first-order valence-electron chi connectivity index (χ1n) is 11.2. The molecule has 2 aromatic carbocycles. The average Bonchev–Trinajstić information content (AvgIpc) is 3.36. The standard InChI is InChI=1S/C25H29FN2O5/c1-31-21-9-7-18(8-10-21)24(29)27-11-13-33-23(16-27)17-28(15-22-6-3-12-32-22)25(30)19-4-2-5-20(26)14-19/h2,4-5,7-10,14,22-23H,3,6,11-13,15-17H2,1H3/t22-,23-/m1/s1.